The fourth-order valence-corrected chi connectivity index (χ4v) is 5.88. The van der Waals surface area contributed by atoms with E-state index in [4.69, 9.17) is 11.6 Å². The number of benzene rings is 1. The highest BCUT2D eigenvalue weighted by Gasteiger charge is 2.32. The van der Waals surface area contributed by atoms with E-state index in [1.165, 1.54) is 12.5 Å². The standard InChI is InChI=1S/C23H23BrClN3O3S/c1-12-5-16(7-14(12)10-29)28-23-18(9-26-11-27-23)21(31)19-8-17(22(25)32-19)20(30)13-3-2-4-15(24)6-13/h2-4,6,8-9,11-12,14,16,20,29-30H,5,7,10H2,1H3,(H,26,27,28)/t12-,14+,16-,20?/m0/s1. The Kier molecular flexibility index (Phi) is 7.27. The number of halogens is 2. The molecule has 0 radical (unpaired) electrons. The molecule has 3 aromatic rings. The van der Waals surface area contributed by atoms with Crippen LogP contribution in [0.25, 0.3) is 0 Å². The van der Waals surface area contributed by atoms with Crippen molar-refractivity contribution >= 4 is 50.5 Å². The van der Waals surface area contributed by atoms with Crippen LogP contribution in [0, 0.1) is 11.8 Å². The summed E-state index contributed by atoms with van der Waals surface area (Å²) in [7, 11) is 0. The molecule has 1 aliphatic carbocycles. The van der Waals surface area contributed by atoms with E-state index in [1.54, 1.807) is 12.1 Å². The van der Waals surface area contributed by atoms with Gasteiger partial charge in [0.05, 0.1) is 14.8 Å². The van der Waals surface area contributed by atoms with Crippen LogP contribution < -0.4 is 5.32 Å². The number of carbonyl (C=O) groups is 1. The number of nitrogens with zero attached hydrogens (tertiary/aromatic N) is 2. The van der Waals surface area contributed by atoms with Crippen molar-refractivity contribution in [1.82, 2.24) is 9.97 Å². The fraction of sp³-hybridized carbons (Fsp3) is 0.348. The third-order valence-electron chi connectivity index (χ3n) is 5.98. The average Bonchev–Trinajstić information content (AvgIpc) is 3.35. The summed E-state index contributed by atoms with van der Waals surface area (Å²) in [5.74, 6) is 0.861. The van der Waals surface area contributed by atoms with Crippen LogP contribution in [0.3, 0.4) is 0 Å². The Morgan fingerprint density at radius 2 is 2.19 bits per heavy atom. The van der Waals surface area contributed by atoms with Crippen molar-refractivity contribution in [2.75, 3.05) is 11.9 Å². The van der Waals surface area contributed by atoms with E-state index in [0.29, 0.717) is 37.6 Å². The molecule has 1 saturated carbocycles. The van der Waals surface area contributed by atoms with Crippen molar-refractivity contribution in [1.29, 1.82) is 0 Å². The van der Waals surface area contributed by atoms with E-state index in [9.17, 15) is 15.0 Å². The molecule has 9 heteroatoms. The number of hydrogen-bond acceptors (Lipinski definition) is 7. The predicted octanol–water partition coefficient (Wildman–Crippen LogP) is 5.09. The van der Waals surface area contributed by atoms with E-state index in [1.807, 2.05) is 18.2 Å². The zero-order valence-electron chi connectivity index (χ0n) is 17.3. The summed E-state index contributed by atoms with van der Waals surface area (Å²) >= 11 is 10.9. The number of carbonyl (C=O) groups excluding carboxylic acids is 1. The Balaban J connectivity index is 1.57. The van der Waals surface area contributed by atoms with Crippen LogP contribution in [0.5, 0.6) is 0 Å². The number of ketones is 1. The summed E-state index contributed by atoms with van der Waals surface area (Å²) in [6.07, 6.45) is 3.68. The normalized spacial score (nSPS) is 21.5. The molecule has 2 aromatic heterocycles. The number of aromatic nitrogens is 2. The second-order valence-electron chi connectivity index (χ2n) is 8.14. The lowest BCUT2D eigenvalue weighted by Crippen LogP contribution is -2.19. The van der Waals surface area contributed by atoms with Crippen LogP contribution >= 0.6 is 38.9 Å². The zero-order chi connectivity index (χ0) is 22.8. The van der Waals surface area contributed by atoms with Crippen molar-refractivity contribution in [2.45, 2.75) is 31.9 Å². The average molecular weight is 537 g/mol. The predicted molar refractivity (Wildman–Crippen MR) is 129 cm³/mol. The van der Waals surface area contributed by atoms with Crippen molar-refractivity contribution in [2.24, 2.45) is 11.8 Å². The molecule has 0 bridgehead atoms. The number of nitrogens with one attached hydrogen (secondary N) is 1. The SMILES string of the molecule is C[C@H]1C[C@H](Nc2ncncc2C(=O)c2cc(C(O)c3cccc(Br)c3)c(Cl)s2)C[C@@H]1CO. The Morgan fingerprint density at radius 1 is 1.38 bits per heavy atom. The molecule has 2 heterocycles. The van der Waals surface area contributed by atoms with E-state index < -0.39 is 6.10 Å². The summed E-state index contributed by atoms with van der Waals surface area (Å²) in [6.45, 7) is 2.28. The molecular formula is C23H23BrClN3O3S. The summed E-state index contributed by atoms with van der Waals surface area (Å²) in [5.41, 5.74) is 1.52. The summed E-state index contributed by atoms with van der Waals surface area (Å²) in [4.78, 5) is 22.1. The summed E-state index contributed by atoms with van der Waals surface area (Å²) in [6, 6.07) is 9.09. The maximum Gasteiger partial charge on any atom is 0.208 e. The molecule has 0 spiro atoms. The second-order valence-corrected chi connectivity index (χ2v) is 10.7. The van der Waals surface area contributed by atoms with Crippen molar-refractivity contribution < 1.29 is 15.0 Å². The van der Waals surface area contributed by atoms with Gasteiger partial charge in [-0.3, -0.25) is 4.79 Å². The highest BCUT2D eigenvalue weighted by Crippen LogP contribution is 2.38. The molecule has 4 atom stereocenters. The molecule has 1 aliphatic rings. The number of thiophene rings is 1. The molecule has 1 fully saturated rings. The van der Waals surface area contributed by atoms with Gasteiger partial charge < -0.3 is 15.5 Å². The van der Waals surface area contributed by atoms with Crippen LogP contribution in [-0.4, -0.2) is 38.6 Å². The number of aliphatic hydroxyl groups excluding tert-OH is 2. The molecular weight excluding hydrogens is 514 g/mol. The topological polar surface area (TPSA) is 95.3 Å². The van der Waals surface area contributed by atoms with Crippen LogP contribution in [-0.2, 0) is 0 Å². The van der Waals surface area contributed by atoms with Gasteiger partial charge in [0.1, 0.15) is 18.2 Å². The van der Waals surface area contributed by atoms with Crippen LogP contribution in [0.15, 0.2) is 47.3 Å². The van der Waals surface area contributed by atoms with Gasteiger partial charge in [0.15, 0.2) is 0 Å². The van der Waals surface area contributed by atoms with E-state index in [-0.39, 0.29) is 24.3 Å². The van der Waals surface area contributed by atoms with Gasteiger partial charge in [0.25, 0.3) is 0 Å². The molecule has 6 nitrogen and oxygen atoms in total. The third kappa shape index (κ3) is 4.89. The number of rotatable bonds is 7. The molecule has 3 N–H and O–H groups in total. The van der Waals surface area contributed by atoms with Crippen LogP contribution in [0.1, 0.15) is 52.2 Å². The molecule has 0 saturated heterocycles. The minimum atomic E-state index is -0.946. The Labute approximate surface area is 203 Å². The first-order valence-corrected chi connectivity index (χ1v) is 12.3. The van der Waals surface area contributed by atoms with Crippen molar-refractivity contribution in [3.8, 4) is 0 Å². The highest BCUT2D eigenvalue weighted by atomic mass is 79.9. The molecule has 4 rings (SSSR count). The summed E-state index contributed by atoms with van der Waals surface area (Å²) in [5, 5.41) is 23.7. The van der Waals surface area contributed by atoms with Crippen molar-refractivity contribution in [3.63, 3.8) is 0 Å². The maximum absolute atomic E-state index is 13.3. The third-order valence-corrected chi connectivity index (χ3v) is 7.86. The fourth-order valence-electron chi connectivity index (χ4n) is 4.18. The Hall–Kier alpha value is -1.84. The van der Waals surface area contributed by atoms with Gasteiger partial charge >= 0.3 is 0 Å². The molecule has 0 aliphatic heterocycles. The molecule has 1 aromatic carbocycles. The van der Waals surface area contributed by atoms with Crippen molar-refractivity contribution in [3.05, 3.63) is 73.2 Å². The Bertz CT molecular complexity index is 1130. The number of hydrogen-bond donors (Lipinski definition) is 3. The monoisotopic (exact) mass is 535 g/mol. The molecule has 1 unspecified atom stereocenters. The number of anilines is 1. The van der Waals surface area contributed by atoms with Gasteiger partial charge in [0.2, 0.25) is 5.78 Å². The van der Waals surface area contributed by atoms with E-state index in [0.717, 1.165) is 28.7 Å². The zero-order valence-corrected chi connectivity index (χ0v) is 20.5. The first kappa shape index (κ1) is 23.3. The largest absolute Gasteiger partial charge is 0.396 e. The highest BCUT2D eigenvalue weighted by molar-refractivity contribution is 9.10. The van der Waals surface area contributed by atoms with Gasteiger partial charge in [-0.25, -0.2) is 9.97 Å². The molecule has 0 amide bonds. The summed E-state index contributed by atoms with van der Waals surface area (Å²) < 4.78 is 1.21. The number of aliphatic hydroxyl groups is 2. The second kappa shape index (κ2) is 9.97. The van der Waals surface area contributed by atoms with E-state index >= 15 is 0 Å². The smallest absolute Gasteiger partial charge is 0.208 e. The van der Waals surface area contributed by atoms with Crippen LogP contribution in [0.2, 0.25) is 4.34 Å². The van der Waals surface area contributed by atoms with Gasteiger partial charge in [-0.05, 0) is 48.4 Å². The Morgan fingerprint density at radius 3 is 2.91 bits per heavy atom. The maximum atomic E-state index is 13.3. The lowest BCUT2D eigenvalue weighted by Gasteiger charge is -2.15. The van der Waals surface area contributed by atoms with Gasteiger partial charge in [-0.1, -0.05) is 46.6 Å². The molecule has 168 valence electrons. The first-order chi connectivity index (χ1) is 15.4. The van der Waals surface area contributed by atoms with Gasteiger partial charge in [-0.15, -0.1) is 11.3 Å². The van der Waals surface area contributed by atoms with Gasteiger partial charge in [0, 0.05) is 28.9 Å². The quantitative estimate of drug-likeness (QED) is 0.364. The lowest BCUT2D eigenvalue weighted by molar-refractivity contribution is 0.104. The van der Waals surface area contributed by atoms with Crippen LogP contribution in [0.4, 0.5) is 5.82 Å². The van der Waals surface area contributed by atoms with E-state index in [2.05, 4.69) is 38.1 Å². The minimum absolute atomic E-state index is 0.129. The van der Waals surface area contributed by atoms with Gasteiger partial charge in [-0.2, -0.15) is 0 Å². The lowest BCUT2D eigenvalue weighted by atomic mass is 10.00. The molecule has 32 heavy (non-hydrogen) atoms. The first-order valence-electron chi connectivity index (χ1n) is 10.3. The minimum Gasteiger partial charge on any atom is -0.396 e.